The van der Waals surface area contributed by atoms with Crippen LogP contribution in [0.3, 0.4) is 0 Å². The molecule has 210 valence electrons. The van der Waals surface area contributed by atoms with Crippen LogP contribution in [0.5, 0.6) is 5.75 Å². The van der Waals surface area contributed by atoms with Gasteiger partial charge in [-0.2, -0.15) is 0 Å². The van der Waals surface area contributed by atoms with E-state index in [0.717, 1.165) is 0 Å². The molecule has 3 atom stereocenters. The molecule has 0 fully saturated rings. The number of hydrogen-bond acceptors (Lipinski definition) is 9. The first-order valence-electron chi connectivity index (χ1n) is 11.9. The second-order valence-corrected chi connectivity index (χ2v) is 8.59. The number of hydrogen-bond donors (Lipinski definition) is 1. The van der Waals surface area contributed by atoms with Crippen LogP contribution in [0.4, 0.5) is 4.39 Å². The van der Waals surface area contributed by atoms with Gasteiger partial charge in [0.1, 0.15) is 12.1 Å². The molecule has 0 heterocycles. The highest BCUT2D eigenvalue weighted by molar-refractivity contribution is 5.97. The van der Waals surface area contributed by atoms with Crippen molar-refractivity contribution in [1.29, 1.82) is 0 Å². The van der Waals surface area contributed by atoms with E-state index in [1.54, 1.807) is 19.9 Å². The molecule has 0 saturated heterocycles. The summed E-state index contributed by atoms with van der Waals surface area (Å²) in [5.74, 6) is -2.85. The predicted molar refractivity (Wildman–Crippen MR) is 139 cm³/mol. The number of amides is 1. The van der Waals surface area contributed by atoms with E-state index in [1.807, 2.05) is 13.8 Å². The number of nitrogens with zero attached hydrogens (tertiary/aromatic N) is 1. The number of carbonyl (C=O) groups is 3. The topological polar surface area (TPSA) is 122 Å². The Morgan fingerprint density at radius 2 is 1.79 bits per heavy atom. The third kappa shape index (κ3) is 8.89. The number of aliphatic imine (C=N–C) groups is 1. The fourth-order valence-corrected chi connectivity index (χ4v) is 3.79. The molecule has 0 aliphatic carbocycles. The van der Waals surface area contributed by atoms with Crippen molar-refractivity contribution < 1.29 is 42.5 Å². The SMILES string of the molecule is C=N/C(C(=O)N[C@@H](C)C(=O)O[C@@H](C)[C@H](c1ccc(OC)c(F)c1)C(C)C)=C(OCOC(C)=O)\C(=C/C)OC. The number of benzene rings is 1. The smallest absolute Gasteiger partial charge is 0.328 e. The Morgan fingerprint density at radius 3 is 2.26 bits per heavy atom. The first-order chi connectivity index (χ1) is 17.9. The normalized spacial score (nSPS) is 14.4. The van der Waals surface area contributed by atoms with Crippen LogP contribution in [0.15, 0.2) is 46.5 Å². The molecule has 1 rings (SSSR count). The number of esters is 2. The number of methoxy groups -OCH3 is 2. The van der Waals surface area contributed by atoms with Gasteiger partial charge >= 0.3 is 11.9 Å². The Hall–Kier alpha value is -3.89. The molecule has 0 aromatic heterocycles. The molecule has 1 amide bonds. The van der Waals surface area contributed by atoms with Gasteiger partial charge in [-0.25, -0.2) is 9.18 Å². The Kier molecular flexibility index (Phi) is 13.0. The largest absolute Gasteiger partial charge is 0.494 e. The molecule has 0 unspecified atom stereocenters. The zero-order valence-corrected chi connectivity index (χ0v) is 23.1. The fraction of sp³-hybridized carbons (Fsp3) is 0.481. The van der Waals surface area contributed by atoms with E-state index in [1.165, 1.54) is 46.3 Å². The van der Waals surface area contributed by atoms with E-state index >= 15 is 0 Å². The molecule has 0 bridgehead atoms. The molecule has 1 aromatic carbocycles. The second kappa shape index (κ2) is 15.4. The van der Waals surface area contributed by atoms with Gasteiger partial charge < -0.3 is 29.0 Å². The van der Waals surface area contributed by atoms with Crippen LogP contribution < -0.4 is 10.1 Å². The average molecular weight is 537 g/mol. The first-order valence-corrected chi connectivity index (χ1v) is 11.9. The average Bonchev–Trinajstić information content (AvgIpc) is 2.84. The highest BCUT2D eigenvalue weighted by Crippen LogP contribution is 2.32. The van der Waals surface area contributed by atoms with Gasteiger partial charge in [-0.05, 0) is 57.2 Å². The third-order valence-corrected chi connectivity index (χ3v) is 5.55. The zero-order valence-electron chi connectivity index (χ0n) is 23.1. The summed E-state index contributed by atoms with van der Waals surface area (Å²) in [6.45, 7) is 12.7. The van der Waals surface area contributed by atoms with Crippen molar-refractivity contribution in [3.63, 3.8) is 0 Å². The van der Waals surface area contributed by atoms with Gasteiger partial charge in [0, 0.05) is 12.8 Å². The van der Waals surface area contributed by atoms with Crippen LogP contribution in [0.25, 0.3) is 0 Å². The van der Waals surface area contributed by atoms with Crippen LogP contribution >= 0.6 is 0 Å². The van der Waals surface area contributed by atoms with Gasteiger partial charge in [0.05, 0.1) is 14.2 Å². The lowest BCUT2D eigenvalue weighted by atomic mass is 9.84. The molecular weight excluding hydrogens is 499 g/mol. The van der Waals surface area contributed by atoms with Crippen LogP contribution in [0.2, 0.25) is 0 Å². The van der Waals surface area contributed by atoms with Crippen LogP contribution in [0, 0.1) is 11.7 Å². The minimum absolute atomic E-state index is 0.000202. The summed E-state index contributed by atoms with van der Waals surface area (Å²) in [6.07, 6.45) is 0.863. The summed E-state index contributed by atoms with van der Waals surface area (Å²) < 4.78 is 40.3. The summed E-state index contributed by atoms with van der Waals surface area (Å²) in [5, 5.41) is 2.50. The van der Waals surface area contributed by atoms with E-state index in [-0.39, 0.29) is 34.8 Å². The molecule has 0 aliphatic heterocycles. The molecular formula is C27H37FN2O8. The molecule has 38 heavy (non-hydrogen) atoms. The van der Waals surface area contributed by atoms with Crippen molar-refractivity contribution >= 4 is 24.6 Å². The molecule has 0 aliphatic rings. The maximum absolute atomic E-state index is 14.3. The number of allylic oxidation sites excluding steroid dienone is 1. The van der Waals surface area contributed by atoms with Crippen molar-refractivity contribution in [1.82, 2.24) is 5.32 Å². The summed E-state index contributed by atoms with van der Waals surface area (Å²) in [7, 11) is 2.73. The van der Waals surface area contributed by atoms with Crippen molar-refractivity contribution in [2.75, 3.05) is 21.0 Å². The maximum Gasteiger partial charge on any atom is 0.328 e. The Bertz CT molecular complexity index is 1070. The van der Waals surface area contributed by atoms with E-state index in [0.29, 0.717) is 5.56 Å². The molecule has 11 heteroatoms. The van der Waals surface area contributed by atoms with Gasteiger partial charge in [-0.15, -0.1) is 0 Å². The first kappa shape index (κ1) is 32.1. The van der Waals surface area contributed by atoms with Gasteiger partial charge in [0.25, 0.3) is 5.91 Å². The van der Waals surface area contributed by atoms with Gasteiger partial charge in [-0.1, -0.05) is 19.9 Å². The van der Waals surface area contributed by atoms with E-state index in [9.17, 15) is 18.8 Å². The van der Waals surface area contributed by atoms with Gasteiger partial charge in [0.15, 0.2) is 28.8 Å². The number of ether oxygens (including phenoxy) is 5. The lowest BCUT2D eigenvalue weighted by molar-refractivity contribution is -0.153. The molecule has 10 nitrogen and oxygen atoms in total. The maximum atomic E-state index is 14.3. The minimum atomic E-state index is -1.09. The van der Waals surface area contributed by atoms with Crippen molar-refractivity contribution in [2.45, 2.75) is 59.6 Å². The highest BCUT2D eigenvalue weighted by atomic mass is 19.1. The molecule has 1 aromatic rings. The molecule has 0 radical (unpaired) electrons. The summed E-state index contributed by atoms with van der Waals surface area (Å²) in [6, 6.07) is 3.51. The second-order valence-electron chi connectivity index (χ2n) is 8.59. The standard InChI is InChI=1S/C27H37FN2O8/c1-10-21(34-8)25(37-14-36-18(6)31)24(29-7)26(32)30-16(4)27(33)38-17(5)23(15(2)3)19-11-12-22(35-9)20(28)13-19/h10-13,15-17,23H,7,14H2,1-6,8-9H3,(H,30,32)/b21-10+,25-24+/t16-,17-,23+/m0/s1. The lowest BCUT2D eigenvalue weighted by Crippen LogP contribution is -2.42. The lowest BCUT2D eigenvalue weighted by Gasteiger charge is -2.29. The van der Waals surface area contributed by atoms with Crippen molar-refractivity contribution in [3.8, 4) is 5.75 Å². The number of carbonyl (C=O) groups excluding carboxylic acids is 3. The number of rotatable bonds is 14. The van der Waals surface area contributed by atoms with Crippen LogP contribution in [-0.2, 0) is 33.3 Å². The summed E-state index contributed by atoms with van der Waals surface area (Å²) in [4.78, 5) is 40.7. The van der Waals surface area contributed by atoms with Crippen molar-refractivity contribution in [3.05, 3.63) is 52.9 Å². The van der Waals surface area contributed by atoms with Crippen LogP contribution in [-0.4, -0.2) is 57.7 Å². The highest BCUT2D eigenvalue weighted by Gasteiger charge is 2.30. The van der Waals surface area contributed by atoms with Crippen molar-refractivity contribution in [2.24, 2.45) is 10.9 Å². The number of nitrogens with one attached hydrogen (secondary N) is 1. The van der Waals surface area contributed by atoms with E-state index < -0.39 is 42.6 Å². The molecule has 0 spiro atoms. The van der Waals surface area contributed by atoms with Gasteiger partial charge in [-0.3, -0.25) is 14.6 Å². The molecule has 1 N–H and O–H groups in total. The van der Waals surface area contributed by atoms with Crippen LogP contribution in [0.1, 0.15) is 53.0 Å². The van der Waals surface area contributed by atoms with E-state index in [2.05, 4.69) is 17.0 Å². The third-order valence-electron chi connectivity index (χ3n) is 5.55. The predicted octanol–water partition coefficient (Wildman–Crippen LogP) is 4.01. The Labute approximate surface area is 222 Å². The fourth-order valence-electron chi connectivity index (χ4n) is 3.79. The summed E-state index contributed by atoms with van der Waals surface area (Å²) in [5.41, 5.74) is 0.345. The summed E-state index contributed by atoms with van der Waals surface area (Å²) >= 11 is 0. The van der Waals surface area contributed by atoms with Gasteiger partial charge in [0.2, 0.25) is 6.79 Å². The molecule has 0 saturated carbocycles. The monoisotopic (exact) mass is 536 g/mol. The Morgan fingerprint density at radius 1 is 1.13 bits per heavy atom. The number of halogens is 1. The Balaban J connectivity index is 3.09. The zero-order chi connectivity index (χ0) is 29.0. The van der Waals surface area contributed by atoms with E-state index in [4.69, 9.17) is 23.7 Å². The quantitative estimate of drug-likeness (QED) is 0.0945. The minimum Gasteiger partial charge on any atom is -0.494 e.